The molecule has 2 nitrogen and oxygen atoms in total. The van der Waals surface area contributed by atoms with E-state index in [1.807, 2.05) is 19.9 Å². The van der Waals surface area contributed by atoms with Gasteiger partial charge in [-0.2, -0.15) is 0 Å². The van der Waals surface area contributed by atoms with Crippen LogP contribution in [-0.2, 0) is 0 Å². The fourth-order valence-corrected chi connectivity index (χ4v) is 5.20. The molecule has 2 aliphatic heterocycles. The van der Waals surface area contributed by atoms with Gasteiger partial charge in [0.1, 0.15) is 9.87 Å². The summed E-state index contributed by atoms with van der Waals surface area (Å²) in [4.78, 5) is -1.33. The number of hydrogen-bond donors (Lipinski definition) is 2. The summed E-state index contributed by atoms with van der Waals surface area (Å²) in [6.45, 7) is 3.93. The van der Waals surface area contributed by atoms with E-state index in [0.29, 0.717) is 0 Å². The lowest BCUT2D eigenvalue weighted by Crippen LogP contribution is -2.37. The highest BCUT2D eigenvalue weighted by Crippen LogP contribution is 2.80. The highest BCUT2D eigenvalue weighted by molar-refractivity contribution is 8.14. The van der Waals surface area contributed by atoms with Crippen molar-refractivity contribution >= 4 is 23.5 Å². The molecule has 4 heteroatoms. The Balaban J connectivity index is 2.14. The molecule has 4 unspecified atom stereocenters. The molecule has 0 aromatic carbocycles. The Kier molecular flexibility index (Phi) is 1.05. The van der Waals surface area contributed by atoms with Gasteiger partial charge in [0.2, 0.25) is 0 Å². The normalized spacial score (nSPS) is 66.3. The van der Waals surface area contributed by atoms with Crippen LogP contribution in [0.1, 0.15) is 13.8 Å². The van der Waals surface area contributed by atoms with E-state index in [1.165, 1.54) is 0 Å². The fraction of sp³-hybridized carbons (Fsp3) is 0.750. The Morgan fingerprint density at radius 1 is 1.50 bits per heavy atom. The zero-order chi connectivity index (χ0) is 8.78. The second-order valence-corrected chi connectivity index (χ2v) is 6.93. The van der Waals surface area contributed by atoms with Crippen LogP contribution in [0, 0.1) is 0 Å². The minimum Gasteiger partial charge on any atom is -0.375 e. The SMILES string of the molecule is CC1=CC2(O)SC2C2(C)SC12O. The first-order valence-corrected chi connectivity index (χ1v) is 5.65. The molecular weight excluding hydrogens is 192 g/mol. The Bertz CT molecular complexity index is 316. The molecular formula is C8H10O2S2. The topological polar surface area (TPSA) is 40.5 Å². The van der Waals surface area contributed by atoms with Gasteiger partial charge < -0.3 is 10.2 Å². The molecule has 0 amide bonds. The van der Waals surface area contributed by atoms with Crippen LogP contribution < -0.4 is 0 Å². The summed E-state index contributed by atoms with van der Waals surface area (Å²) in [7, 11) is 0. The Labute approximate surface area is 79.4 Å². The van der Waals surface area contributed by atoms with E-state index in [1.54, 1.807) is 23.5 Å². The smallest absolute Gasteiger partial charge is 0.148 e. The number of aliphatic hydroxyl groups is 2. The Morgan fingerprint density at radius 3 is 2.83 bits per heavy atom. The average molecular weight is 202 g/mol. The van der Waals surface area contributed by atoms with Crippen molar-refractivity contribution in [2.24, 2.45) is 0 Å². The van der Waals surface area contributed by atoms with Crippen LogP contribution in [0.15, 0.2) is 11.6 Å². The third-order valence-corrected chi connectivity index (χ3v) is 6.56. The van der Waals surface area contributed by atoms with Gasteiger partial charge in [-0.25, -0.2) is 0 Å². The minimum atomic E-state index is -0.673. The molecule has 66 valence electrons. The van der Waals surface area contributed by atoms with Crippen molar-refractivity contribution < 1.29 is 10.2 Å². The zero-order valence-electron chi connectivity index (χ0n) is 6.87. The van der Waals surface area contributed by atoms with Crippen molar-refractivity contribution in [2.75, 3.05) is 0 Å². The van der Waals surface area contributed by atoms with Crippen molar-refractivity contribution in [1.29, 1.82) is 0 Å². The van der Waals surface area contributed by atoms with Crippen molar-refractivity contribution in [3.8, 4) is 0 Å². The Hall–Kier alpha value is 0.360. The fourth-order valence-electron chi connectivity index (χ4n) is 2.16. The van der Waals surface area contributed by atoms with E-state index >= 15 is 0 Å². The molecule has 0 aromatic heterocycles. The molecule has 2 N–H and O–H groups in total. The maximum Gasteiger partial charge on any atom is 0.148 e. The lowest BCUT2D eigenvalue weighted by atomic mass is 9.87. The molecule has 0 spiro atoms. The first-order valence-electron chi connectivity index (χ1n) is 3.95. The van der Waals surface area contributed by atoms with Crippen LogP contribution >= 0.6 is 23.5 Å². The van der Waals surface area contributed by atoms with E-state index < -0.39 is 9.87 Å². The molecule has 3 rings (SSSR count). The van der Waals surface area contributed by atoms with Gasteiger partial charge in [0.15, 0.2) is 0 Å². The largest absolute Gasteiger partial charge is 0.375 e. The first kappa shape index (κ1) is 7.74. The summed E-state index contributed by atoms with van der Waals surface area (Å²) in [5.41, 5.74) is 0.916. The molecule has 2 fully saturated rings. The summed E-state index contributed by atoms with van der Waals surface area (Å²) in [5, 5.41) is 20.1. The molecule has 2 heterocycles. The van der Waals surface area contributed by atoms with Gasteiger partial charge in [-0.05, 0) is 25.5 Å². The van der Waals surface area contributed by atoms with Gasteiger partial charge in [-0.3, -0.25) is 0 Å². The monoisotopic (exact) mass is 202 g/mol. The molecule has 1 aliphatic carbocycles. The molecule has 3 aliphatic rings. The summed E-state index contributed by atoms with van der Waals surface area (Å²) < 4.78 is -0.134. The number of rotatable bonds is 0. The highest BCUT2D eigenvalue weighted by atomic mass is 32.2. The van der Waals surface area contributed by atoms with Crippen LogP contribution in [0.25, 0.3) is 0 Å². The number of thioether (sulfide) groups is 2. The first-order chi connectivity index (χ1) is 5.42. The predicted octanol–water partition coefficient (Wildman–Crippen LogP) is 0.944. The van der Waals surface area contributed by atoms with Crippen molar-refractivity contribution in [2.45, 2.75) is 33.7 Å². The van der Waals surface area contributed by atoms with Gasteiger partial charge in [0, 0.05) is 0 Å². The van der Waals surface area contributed by atoms with E-state index in [-0.39, 0.29) is 10.00 Å². The molecule has 0 bridgehead atoms. The summed E-state index contributed by atoms with van der Waals surface area (Å²) >= 11 is 3.12. The maximum atomic E-state index is 10.1. The quantitative estimate of drug-likeness (QED) is 0.453. The minimum absolute atomic E-state index is 0.134. The van der Waals surface area contributed by atoms with Gasteiger partial charge in [0.25, 0.3) is 0 Å². The van der Waals surface area contributed by atoms with Crippen LogP contribution in [-0.4, -0.2) is 30.1 Å². The molecule has 12 heavy (non-hydrogen) atoms. The van der Waals surface area contributed by atoms with Crippen LogP contribution in [0.3, 0.4) is 0 Å². The second-order valence-electron chi connectivity index (χ2n) is 3.93. The maximum absolute atomic E-state index is 10.1. The molecule has 0 radical (unpaired) electrons. The Morgan fingerprint density at radius 2 is 2.17 bits per heavy atom. The number of fused-ring (bicyclic) bond motifs is 3. The van der Waals surface area contributed by atoms with Crippen LogP contribution in [0.4, 0.5) is 0 Å². The van der Waals surface area contributed by atoms with Gasteiger partial charge in [0.05, 0.1) is 10.00 Å². The zero-order valence-corrected chi connectivity index (χ0v) is 8.50. The van der Waals surface area contributed by atoms with E-state index in [2.05, 4.69) is 0 Å². The van der Waals surface area contributed by atoms with E-state index in [0.717, 1.165) is 5.57 Å². The van der Waals surface area contributed by atoms with Crippen LogP contribution in [0.5, 0.6) is 0 Å². The van der Waals surface area contributed by atoms with Crippen LogP contribution in [0.2, 0.25) is 0 Å². The van der Waals surface area contributed by atoms with Crippen molar-refractivity contribution in [1.82, 2.24) is 0 Å². The standard InChI is InChI=1S/C8H10O2S2/c1-4-3-7(9)5(11-7)6(2)8(4,10)12-6/h3,5,9-10H,1-2H3. The molecule has 4 atom stereocenters. The lowest BCUT2D eigenvalue weighted by Gasteiger charge is -2.21. The second kappa shape index (κ2) is 1.63. The predicted molar refractivity (Wildman–Crippen MR) is 51.0 cm³/mol. The van der Waals surface area contributed by atoms with Gasteiger partial charge >= 0.3 is 0 Å². The van der Waals surface area contributed by atoms with E-state index in [4.69, 9.17) is 0 Å². The average Bonchev–Trinajstić information content (AvgIpc) is 2.73. The molecule has 0 saturated carbocycles. The summed E-state index contributed by atoms with van der Waals surface area (Å²) in [6.07, 6.45) is 1.81. The van der Waals surface area contributed by atoms with E-state index in [9.17, 15) is 10.2 Å². The van der Waals surface area contributed by atoms with Gasteiger partial charge in [-0.1, -0.05) is 0 Å². The van der Waals surface area contributed by atoms with Gasteiger partial charge in [-0.15, -0.1) is 23.5 Å². The third kappa shape index (κ3) is 0.586. The summed E-state index contributed by atoms with van der Waals surface area (Å²) in [5.74, 6) is 0. The van der Waals surface area contributed by atoms with Crippen molar-refractivity contribution in [3.05, 3.63) is 11.6 Å². The highest BCUT2D eigenvalue weighted by Gasteiger charge is 2.82. The summed E-state index contributed by atoms with van der Waals surface area (Å²) in [6, 6.07) is 0. The van der Waals surface area contributed by atoms with Crippen molar-refractivity contribution in [3.63, 3.8) is 0 Å². The number of hydrogen-bond acceptors (Lipinski definition) is 4. The molecule has 2 saturated heterocycles. The molecule has 0 aromatic rings. The third-order valence-electron chi connectivity index (χ3n) is 3.07. The lowest BCUT2D eigenvalue weighted by molar-refractivity contribution is 0.133.